The Kier molecular flexibility index (Phi) is 6.46. The SMILES string of the molecule is COC(=O)c1nc(-c2cc(Oc3c(F)cc4[nH]ccc4c3F)ccc2F)[nH]c1Cc1cccc(Br)c1F. The van der Waals surface area contributed by atoms with Crippen molar-refractivity contribution in [2.75, 3.05) is 7.11 Å². The lowest BCUT2D eigenvalue weighted by atomic mass is 10.1. The molecular formula is C26H16BrF4N3O3. The van der Waals surface area contributed by atoms with Crippen LogP contribution in [0.5, 0.6) is 11.5 Å². The first-order valence-corrected chi connectivity index (χ1v) is 11.6. The number of aromatic nitrogens is 3. The second-order valence-electron chi connectivity index (χ2n) is 7.98. The number of carbonyl (C=O) groups excluding carboxylic acids is 1. The topological polar surface area (TPSA) is 80.0 Å². The summed E-state index contributed by atoms with van der Waals surface area (Å²) in [6, 6.07) is 10.6. The number of rotatable bonds is 6. The van der Waals surface area contributed by atoms with E-state index in [-0.39, 0.29) is 55.9 Å². The normalized spacial score (nSPS) is 11.2. The summed E-state index contributed by atoms with van der Waals surface area (Å²) >= 11 is 3.12. The monoisotopic (exact) mass is 573 g/mol. The second kappa shape index (κ2) is 9.74. The molecule has 0 spiro atoms. The lowest BCUT2D eigenvalue weighted by Crippen LogP contribution is -2.06. The van der Waals surface area contributed by atoms with Crippen molar-refractivity contribution < 1.29 is 31.8 Å². The van der Waals surface area contributed by atoms with Crippen molar-refractivity contribution in [3.8, 4) is 22.9 Å². The van der Waals surface area contributed by atoms with Gasteiger partial charge in [-0.1, -0.05) is 12.1 Å². The summed E-state index contributed by atoms with van der Waals surface area (Å²) < 4.78 is 69.2. The molecule has 3 aromatic carbocycles. The minimum Gasteiger partial charge on any atom is -0.464 e. The molecule has 0 fully saturated rings. The summed E-state index contributed by atoms with van der Waals surface area (Å²) in [5, 5.41) is 0.122. The Morgan fingerprint density at radius 1 is 1.03 bits per heavy atom. The summed E-state index contributed by atoms with van der Waals surface area (Å²) in [6.45, 7) is 0. The Morgan fingerprint density at radius 2 is 1.84 bits per heavy atom. The standard InChI is InChI=1S/C26H16BrF4N3O3/c1-36-26(35)23-20(9-12-3-2-4-16(27)21(12)30)33-25(34-23)15-10-13(5-6-17(15)28)37-24-18(29)11-19-14(22(24)31)7-8-32-19/h2-8,10-11,32H,9H2,1H3,(H,33,34). The number of carbonyl (C=O) groups is 1. The van der Waals surface area contributed by atoms with Crippen LogP contribution in [-0.2, 0) is 11.2 Å². The smallest absolute Gasteiger partial charge is 0.358 e. The molecule has 2 aromatic heterocycles. The van der Waals surface area contributed by atoms with Gasteiger partial charge < -0.3 is 19.4 Å². The lowest BCUT2D eigenvalue weighted by molar-refractivity contribution is 0.0593. The molecule has 0 aliphatic carbocycles. The quantitative estimate of drug-likeness (QED) is 0.168. The molecule has 5 aromatic rings. The van der Waals surface area contributed by atoms with Crippen LogP contribution in [0.25, 0.3) is 22.3 Å². The van der Waals surface area contributed by atoms with E-state index < -0.39 is 35.0 Å². The second-order valence-corrected chi connectivity index (χ2v) is 8.83. The number of imidazole rings is 1. The molecule has 0 atom stereocenters. The first-order chi connectivity index (χ1) is 17.8. The van der Waals surface area contributed by atoms with Gasteiger partial charge in [-0.05, 0) is 51.8 Å². The van der Waals surface area contributed by atoms with Crippen LogP contribution in [0.2, 0.25) is 0 Å². The third-order valence-corrected chi connectivity index (χ3v) is 6.28. The van der Waals surface area contributed by atoms with Gasteiger partial charge in [0, 0.05) is 24.1 Å². The molecule has 6 nitrogen and oxygen atoms in total. The maximum Gasteiger partial charge on any atom is 0.358 e. The Balaban J connectivity index is 1.54. The summed E-state index contributed by atoms with van der Waals surface area (Å²) in [5.41, 5.74) is 0.366. The first-order valence-electron chi connectivity index (χ1n) is 10.8. The number of aromatic amines is 2. The minimum absolute atomic E-state index is 0.0758. The van der Waals surface area contributed by atoms with Gasteiger partial charge in [0.25, 0.3) is 0 Å². The van der Waals surface area contributed by atoms with E-state index in [1.54, 1.807) is 6.07 Å². The number of methoxy groups -OCH3 is 1. The third kappa shape index (κ3) is 4.57. The molecule has 0 saturated carbocycles. The van der Waals surface area contributed by atoms with Crippen molar-refractivity contribution >= 4 is 32.8 Å². The average Bonchev–Trinajstić information content (AvgIpc) is 3.52. The summed E-state index contributed by atoms with van der Waals surface area (Å²) in [4.78, 5) is 22.1. The van der Waals surface area contributed by atoms with Gasteiger partial charge in [0.1, 0.15) is 23.2 Å². The summed E-state index contributed by atoms with van der Waals surface area (Å²) in [5.74, 6) is -4.81. The molecule has 2 N–H and O–H groups in total. The molecule has 2 heterocycles. The maximum atomic E-state index is 14.8. The molecule has 0 amide bonds. The highest BCUT2D eigenvalue weighted by Gasteiger charge is 2.23. The van der Waals surface area contributed by atoms with Crippen molar-refractivity contribution in [1.29, 1.82) is 0 Å². The van der Waals surface area contributed by atoms with Gasteiger partial charge >= 0.3 is 5.97 Å². The zero-order chi connectivity index (χ0) is 26.3. The molecule has 11 heteroatoms. The maximum absolute atomic E-state index is 14.8. The number of benzene rings is 3. The van der Waals surface area contributed by atoms with Crippen molar-refractivity contribution in [2.24, 2.45) is 0 Å². The number of esters is 1. The number of ether oxygens (including phenoxy) is 2. The number of fused-ring (bicyclic) bond motifs is 1. The number of H-pyrrole nitrogens is 2. The Bertz CT molecular complexity index is 1660. The highest BCUT2D eigenvalue weighted by atomic mass is 79.9. The Hall–Kier alpha value is -4.12. The van der Waals surface area contributed by atoms with E-state index in [2.05, 4.69) is 30.9 Å². The van der Waals surface area contributed by atoms with E-state index in [4.69, 9.17) is 9.47 Å². The van der Waals surface area contributed by atoms with Gasteiger partial charge in [-0.15, -0.1) is 0 Å². The van der Waals surface area contributed by atoms with E-state index in [1.807, 2.05) is 0 Å². The van der Waals surface area contributed by atoms with Crippen LogP contribution in [-0.4, -0.2) is 28.0 Å². The van der Waals surface area contributed by atoms with Crippen molar-refractivity contribution in [3.63, 3.8) is 0 Å². The zero-order valence-corrected chi connectivity index (χ0v) is 20.6. The van der Waals surface area contributed by atoms with Crippen LogP contribution in [0.4, 0.5) is 17.6 Å². The van der Waals surface area contributed by atoms with E-state index in [9.17, 15) is 22.4 Å². The van der Waals surface area contributed by atoms with Crippen LogP contribution >= 0.6 is 15.9 Å². The number of hydrogen-bond acceptors (Lipinski definition) is 4. The highest BCUT2D eigenvalue weighted by Crippen LogP contribution is 2.35. The number of halogens is 5. The van der Waals surface area contributed by atoms with Gasteiger partial charge in [0.05, 0.1) is 28.4 Å². The van der Waals surface area contributed by atoms with E-state index >= 15 is 0 Å². The molecule has 0 saturated heterocycles. The zero-order valence-electron chi connectivity index (χ0n) is 19.0. The van der Waals surface area contributed by atoms with Gasteiger partial charge in [0.15, 0.2) is 23.1 Å². The van der Waals surface area contributed by atoms with Gasteiger partial charge in [-0.3, -0.25) is 0 Å². The van der Waals surface area contributed by atoms with E-state index in [1.165, 1.54) is 36.5 Å². The molecule has 5 rings (SSSR count). The molecule has 0 aliphatic rings. The molecule has 188 valence electrons. The van der Waals surface area contributed by atoms with Gasteiger partial charge in [-0.25, -0.2) is 27.3 Å². The van der Waals surface area contributed by atoms with Gasteiger partial charge in [-0.2, -0.15) is 0 Å². The fourth-order valence-electron chi connectivity index (χ4n) is 3.88. The van der Waals surface area contributed by atoms with Crippen molar-refractivity contribution in [3.05, 3.63) is 99.4 Å². The van der Waals surface area contributed by atoms with Crippen LogP contribution in [0.1, 0.15) is 21.7 Å². The Morgan fingerprint density at radius 3 is 2.62 bits per heavy atom. The molecular weight excluding hydrogens is 558 g/mol. The lowest BCUT2D eigenvalue weighted by Gasteiger charge is -2.10. The third-order valence-electron chi connectivity index (χ3n) is 5.67. The average molecular weight is 574 g/mol. The van der Waals surface area contributed by atoms with Crippen LogP contribution in [0.3, 0.4) is 0 Å². The minimum atomic E-state index is -0.956. The fraction of sp³-hybridized carbons (Fsp3) is 0.0769. The predicted molar refractivity (Wildman–Crippen MR) is 131 cm³/mol. The number of nitrogens with one attached hydrogen (secondary N) is 2. The van der Waals surface area contributed by atoms with E-state index in [0.29, 0.717) is 0 Å². The molecule has 0 aliphatic heterocycles. The number of nitrogens with zero attached hydrogens (tertiary/aromatic N) is 1. The number of hydrogen-bond donors (Lipinski definition) is 2. The highest BCUT2D eigenvalue weighted by molar-refractivity contribution is 9.10. The molecule has 0 bridgehead atoms. The first kappa shape index (κ1) is 24.6. The molecule has 37 heavy (non-hydrogen) atoms. The fourth-order valence-corrected chi connectivity index (χ4v) is 4.29. The van der Waals surface area contributed by atoms with Crippen LogP contribution < -0.4 is 4.74 Å². The van der Waals surface area contributed by atoms with Crippen LogP contribution in [0.15, 0.2) is 59.2 Å². The largest absolute Gasteiger partial charge is 0.464 e. The summed E-state index contributed by atoms with van der Waals surface area (Å²) in [6.07, 6.45) is 1.38. The molecule has 0 unspecified atom stereocenters. The van der Waals surface area contributed by atoms with Crippen molar-refractivity contribution in [1.82, 2.24) is 15.0 Å². The predicted octanol–water partition coefficient (Wildman–Crippen LogP) is 7.05. The van der Waals surface area contributed by atoms with Gasteiger partial charge in [0.2, 0.25) is 0 Å². The van der Waals surface area contributed by atoms with E-state index in [0.717, 1.165) is 19.2 Å². The van der Waals surface area contributed by atoms with Crippen molar-refractivity contribution in [2.45, 2.75) is 6.42 Å². The Labute approximate surface area is 215 Å². The molecule has 0 radical (unpaired) electrons. The summed E-state index contributed by atoms with van der Waals surface area (Å²) in [7, 11) is 1.15. The van der Waals surface area contributed by atoms with Crippen LogP contribution in [0, 0.1) is 23.3 Å².